The lowest BCUT2D eigenvalue weighted by molar-refractivity contribution is -0.122. The van der Waals surface area contributed by atoms with E-state index in [4.69, 9.17) is 17.0 Å². The molecule has 0 radical (unpaired) electrons. The number of anilines is 2. The van der Waals surface area contributed by atoms with Crippen LogP contribution in [0.1, 0.15) is 23.6 Å². The van der Waals surface area contributed by atoms with E-state index in [1.165, 1.54) is 4.90 Å². The van der Waals surface area contributed by atoms with Crippen LogP contribution in [-0.2, 0) is 20.7 Å². The van der Waals surface area contributed by atoms with Crippen LogP contribution in [0.5, 0.6) is 0 Å². The number of rotatable bonds is 4. The van der Waals surface area contributed by atoms with Crippen molar-refractivity contribution in [1.29, 1.82) is 0 Å². The number of thiocarbonyl (C=S) groups is 1. The van der Waals surface area contributed by atoms with Gasteiger partial charge < -0.3 is 9.64 Å². The first-order valence-electron chi connectivity index (χ1n) is 10.4. The lowest BCUT2D eigenvalue weighted by Gasteiger charge is -2.30. The van der Waals surface area contributed by atoms with Crippen molar-refractivity contribution in [3.05, 3.63) is 64.7 Å². The molecule has 0 aliphatic carbocycles. The van der Waals surface area contributed by atoms with E-state index >= 15 is 0 Å². The molecule has 2 aromatic carbocycles. The van der Waals surface area contributed by atoms with Gasteiger partial charge in [0.1, 0.15) is 5.57 Å². The molecule has 2 heterocycles. The number of morpholine rings is 1. The lowest BCUT2D eigenvalue weighted by atomic mass is 10.0. The van der Waals surface area contributed by atoms with E-state index in [0.29, 0.717) is 18.9 Å². The molecule has 2 aromatic rings. The first-order valence-corrected chi connectivity index (χ1v) is 10.8. The van der Waals surface area contributed by atoms with E-state index < -0.39 is 11.8 Å². The van der Waals surface area contributed by atoms with Gasteiger partial charge in [0, 0.05) is 18.8 Å². The van der Waals surface area contributed by atoms with Crippen molar-refractivity contribution >= 4 is 46.6 Å². The fourth-order valence-electron chi connectivity index (χ4n) is 3.90. The van der Waals surface area contributed by atoms with E-state index in [1.807, 2.05) is 50.2 Å². The second-order valence-electron chi connectivity index (χ2n) is 7.58. The van der Waals surface area contributed by atoms with Gasteiger partial charge in [-0.25, -0.2) is 0 Å². The van der Waals surface area contributed by atoms with Crippen molar-refractivity contribution in [2.45, 2.75) is 20.3 Å². The van der Waals surface area contributed by atoms with Crippen molar-refractivity contribution < 1.29 is 14.3 Å². The van der Waals surface area contributed by atoms with Crippen LogP contribution >= 0.6 is 12.2 Å². The summed E-state index contributed by atoms with van der Waals surface area (Å²) >= 11 is 5.33. The highest BCUT2D eigenvalue weighted by atomic mass is 32.1. The normalized spacial score (nSPS) is 18.5. The summed E-state index contributed by atoms with van der Waals surface area (Å²) in [4.78, 5) is 29.7. The molecule has 2 fully saturated rings. The van der Waals surface area contributed by atoms with E-state index in [-0.39, 0.29) is 10.7 Å². The predicted octanol–water partition coefficient (Wildman–Crippen LogP) is 3.23. The van der Waals surface area contributed by atoms with Crippen molar-refractivity contribution in [2.24, 2.45) is 0 Å². The molecule has 0 saturated carbocycles. The third-order valence-corrected chi connectivity index (χ3v) is 5.93. The first-order chi connectivity index (χ1) is 15.0. The summed E-state index contributed by atoms with van der Waals surface area (Å²) in [7, 11) is 0. The molecule has 4 rings (SSSR count). The van der Waals surface area contributed by atoms with Gasteiger partial charge in [-0.2, -0.15) is 0 Å². The highest BCUT2D eigenvalue weighted by Crippen LogP contribution is 2.27. The van der Waals surface area contributed by atoms with Gasteiger partial charge in [0.05, 0.1) is 18.9 Å². The van der Waals surface area contributed by atoms with Gasteiger partial charge in [-0.15, -0.1) is 0 Å². The summed E-state index contributed by atoms with van der Waals surface area (Å²) in [6.45, 7) is 7.14. The second-order valence-corrected chi connectivity index (χ2v) is 7.97. The van der Waals surface area contributed by atoms with Crippen molar-refractivity contribution in [1.82, 2.24) is 5.32 Å². The third-order valence-electron chi connectivity index (χ3n) is 5.64. The number of nitrogens with zero attached hydrogens (tertiary/aromatic N) is 2. The van der Waals surface area contributed by atoms with Gasteiger partial charge in [0.2, 0.25) is 0 Å². The maximum Gasteiger partial charge on any atom is 0.270 e. The number of para-hydroxylation sites is 1. The van der Waals surface area contributed by atoms with Crippen molar-refractivity contribution in [3.63, 3.8) is 0 Å². The molecular formula is C24H25N3O3S. The minimum atomic E-state index is -0.475. The molecule has 31 heavy (non-hydrogen) atoms. The largest absolute Gasteiger partial charge is 0.378 e. The van der Waals surface area contributed by atoms with Gasteiger partial charge >= 0.3 is 0 Å². The Morgan fingerprint density at radius 3 is 2.58 bits per heavy atom. The molecule has 2 aliphatic heterocycles. The average Bonchev–Trinajstić information content (AvgIpc) is 2.78. The standard InChI is InChI=1S/C24H25N3O3S/c1-3-17-6-4-5-7-21(17)27-23(29)20(22(28)25-24(27)31)15-18-8-9-19(14-16(18)2)26-10-12-30-13-11-26/h4-9,14-15H,3,10-13H2,1-2H3,(H,25,28,31)/b20-15-. The second kappa shape index (κ2) is 8.99. The number of carbonyl (C=O) groups excluding carboxylic acids is 2. The molecule has 2 saturated heterocycles. The summed E-state index contributed by atoms with van der Waals surface area (Å²) < 4.78 is 5.42. The van der Waals surface area contributed by atoms with Gasteiger partial charge in [-0.05, 0) is 66.5 Å². The molecule has 0 atom stereocenters. The van der Waals surface area contributed by atoms with Crippen LogP contribution < -0.4 is 15.1 Å². The predicted molar refractivity (Wildman–Crippen MR) is 126 cm³/mol. The first kappa shape index (κ1) is 21.2. The monoisotopic (exact) mass is 435 g/mol. The average molecular weight is 436 g/mol. The minimum Gasteiger partial charge on any atom is -0.378 e. The fourth-order valence-corrected chi connectivity index (χ4v) is 4.17. The summed E-state index contributed by atoms with van der Waals surface area (Å²) in [5, 5.41) is 2.77. The zero-order chi connectivity index (χ0) is 22.0. The molecular weight excluding hydrogens is 410 g/mol. The number of hydrogen-bond donors (Lipinski definition) is 1. The van der Waals surface area contributed by atoms with Crippen LogP contribution in [0, 0.1) is 6.92 Å². The number of nitrogens with one attached hydrogen (secondary N) is 1. The number of hydrogen-bond acceptors (Lipinski definition) is 5. The Labute approximate surface area is 187 Å². The number of aryl methyl sites for hydroxylation is 2. The van der Waals surface area contributed by atoms with Crippen LogP contribution in [0.4, 0.5) is 11.4 Å². The lowest BCUT2D eigenvalue weighted by Crippen LogP contribution is -2.54. The number of amides is 2. The third kappa shape index (κ3) is 4.24. The van der Waals surface area contributed by atoms with Crippen molar-refractivity contribution in [2.75, 3.05) is 36.1 Å². The molecule has 2 aliphatic rings. The van der Waals surface area contributed by atoms with Crippen LogP contribution in [0.2, 0.25) is 0 Å². The Balaban J connectivity index is 1.67. The van der Waals surface area contributed by atoms with Gasteiger partial charge in [-0.3, -0.25) is 19.8 Å². The van der Waals surface area contributed by atoms with Crippen LogP contribution in [-0.4, -0.2) is 43.2 Å². The van der Waals surface area contributed by atoms with E-state index in [9.17, 15) is 9.59 Å². The quantitative estimate of drug-likeness (QED) is 0.454. The van der Waals surface area contributed by atoms with Crippen molar-refractivity contribution in [3.8, 4) is 0 Å². The highest BCUT2D eigenvalue weighted by molar-refractivity contribution is 7.80. The van der Waals surface area contributed by atoms with E-state index in [0.717, 1.165) is 41.9 Å². The zero-order valence-corrected chi connectivity index (χ0v) is 18.5. The Hall–Kier alpha value is -3.03. The van der Waals surface area contributed by atoms with E-state index in [1.54, 1.807) is 6.08 Å². The van der Waals surface area contributed by atoms with Gasteiger partial charge in [0.15, 0.2) is 5.11 Å². The summed E-state index contributed by atoms with van der Waals surface area (Å²) in [6.07, 6.45) is 2.40. The number of carbonyl (C=O) groups is 2. The van der Waals surface area contributed by atoms with E-state index in [2.05, 4.69) is 16.3 Å². The maximum atomic E-state index is 13.3. The molecule has 160 valence electrons. The Bertz CT molecular complexity index is 1070. The summed E-state index contributed by atoms with van der Waals surface area (Å²) in [5.74, 6) is -0.886. The zero-order valence-electron chi connectivity index (χ0n) is 17.7. The Morgan fingerprint density at radius 2 is 1.87 bits per heavy atom. The topological polar surface area (TPSA) is 61.9 Å². The van der Waals surface area contributed by atoms with Crippen LogP contribution in [0.3, 0.4) is 0 Å². The minimum absolute atomic E-state index is 0.0710. The molecule has 0 aromatic heterocycles. The maximum absolute atomic E-state index is 13.3. The molecule has 0 bridgehead atoms. The Kier molecular flexibility index (Phi) is 6.15. The Morgan fingerprint density at radius 1 is 1.13 bits per heavy atom. The number of benzene rings is 2. The van der Waals surface area contributed by atoms with Gasteiger partial charge in [-0.1, -0.05) is 31.2 Å². The van der Waals surface area contributed by atoms with Crippen LogP contribution in [0.15, 0.2) is 48.0 Å². The smallest absolute Gasteiger partial charge is 0.270 e. The summed E-state index contributed by atoms with van der Waals surface area (Å²) in [6, 6.07) is 13.6. The molecule has 0 spiro atoms. The van der Waals surface area contributed by atoms with Gasteiger partial charge in [0.25, 0.3) is 11.8 Å². The summed E-state index contributed by atoms with van der Waals surface area (Å²) in [5.41, 5.74) is 4.69. The fraction of sp³-hybridized carbons (Fsp3) is 0.292. The number of ether oxygens (including phenoxy) is 1. The molecule has 7 heteroatoms. The van der Waals surface area contributed by atoms with Crippen LogP contribution in [0.25, 0.3) is 6.08 Å². The molecule has 0 unspecified atom stereocenters. The molecule has 6 nitrogen and oxygen atoms in total. The molecule has 1 N–H and O–H groups in total. The SMILES string of the molecule is CCc1ccccc1N1C(=O)/C(=C\c2ccc(N3CCOCC3)cc2C)C(=O)NC1=S. The highest BCUT2D eigenvalue weighted by Gasteiger charge is 2.35. The molecule has 2 amide bonds.